The molecule has 0 fully saturated rings. The summed E-state index contributed by atoms with van der Waals surface area (Å²) in [6.07, 6.45) is 0. The second-order valence-electron chi connectivity index (χ2n) is 4.50. The molecule has 4 N–H and O–H groups in total. The van der Waals surface area contributed by atoms with E-state index in [0.717, 1.165) is 12.3 Å². The van der Waals surface area contributed by atoms with Crippen LogP contribution in [0.3, 0.4) is 0 Å². The maximum absolute atomic E-state index is 10.7. The molecule has 0 saturated carbocycles. The monoisotopic (exact) mass is 252 g/mol. The summed E-state index contributed by atoms with van der Waals surface area (Å²) in [6, 6.07) is 4.64. The second-order valence-corrected chi connectivity index (χ2v) is 4.50. The van der Waals surface area contributed by atoms with Gasteiger partial charge in [-0.3, -0.25) is 0 Å². The van der Waals surface area contributed by atoms with Gasteiger partial charge in [-0.15, -0.1) is 0 Å². The number of rotatable bonds is 7. The van der Waals surface area contributed by atoms with Crippen molar-refractivity contribution >= 4 is 17.3 Å². The molecule has 0 aromatic heterocycles. The smallest absolute Gasteiger partial charge is 0.335 e. The molecule has 100 valence electrons. The Bertz CT molecular complexity index is 405. The van der Waals surface area contributed by atoms with Crippen molar-refractivity contribution < 1.29 is 14.6 Å². The first-order valence-electron chi connectivity index (χ1n) is 5.95. The molecule has 0 saturated heterocycles. The van der Waals surface area contributed by atoms with E-state index >= 15 is 0 Å². The minimum Gasteiger partial charge on any atom is -0.478 e. The molecule has 18 heavy (non-hydrogen) atoms. The predicted molar refractivity (Wildman–Crippen MR) is 72.0 cm³/mol. The van der Waals surface area contributed by atoms with Gasteiger partial charge in [-0.25, -0.2) is 4.79 Å². The maximum atomic E-state index is 10.7. The van der Waals surface area contributed by atoms with Crippen LogP contribution in [-0.2, 0) is 4.74 Å². The van der Waals surface area contributed by atoms with Crippen LogP contribution < -0.4 is 11.1 Å². The van der Waals surface area contributed by atoms with E-state index < -0.39 is 5.97 Å². The van der Waals surface area contributed by atoms with Crippen molar-refractivity contribution in [1.82, 2.24) is 0 Å². The molecule has 0 aliphatic heterocycles. The first kappa shape index (κ1) is 14.3. The fourth-order valence-electron chi connectivity index (χ4n) is 1.43. The molecule has 0 heterocycles. The summed E-state index contributed by atoms with van der Waals surface area (Å²) in [5, 5.41) is 11.9. The number of benzene rings is 1. The maximum Gasteiger partial charge on any atom is 0.335 e. The highest BCUT2D eigenvalue weighted by Crippen LogP contribution is 2.19. The molecule has 0 atom stereocenters. The van der Waals surface area contributed by atoms with Gasteiger partial charge >= 0.3 is 5.97 Å². The van der Waals surface area contributed by atoms with E-state index in [2.05, 4.69) is 19.2 Å². The van der Waals surface area contributed by atoms with Crippen LogP contribution in [0.1, 0.15) is 24.2 Å². The Morgan fingerprint density at radius 1 is 1.50 bits per heavy atom. The van der Waals surface area contributed by atoms with Crippen LogP contribution in [0.15, 0.2) is 18.2 Å². The molecule has 1 aromatic rings. The SMILES string of the molecule is CC(C)COCCNc1ccc(C(=O)O)cc1N. The molecule has 1 aromatic carbocycles. The minimum absolute atomic E-state index is 0.189. The van der Waals surface area contributed by atoms with Crippen molar-refractivity contribution in [3.05, 3.63) is 23.8 Å². The third-order valence-corrected chi connectivity index (χ3v) is 2.31. The van der Waals surface area contributed by atoms with Crippen molar-refractivity contribution in [1.29, 1.82) is 0 Å². The van der Waals surface area contributed by atoms with E-state index in [-0.39, 0.29) is 5.56 Å². The molecule has 1 rings (SSSR count). The van der Waals surface area contributed by atoms with Gasteiger partial charge in [0.15, 0.2) is 0 Å². The van der Waals surface area contributed by atoms with Gasteiger partial charge in [0.25, 0.3) is 0 Å². The zero-order chi connectivity index (χ0) is 13.5. The van der Waals surface area contributed by atoms with Crippen LogP contribution in [0.5, 0.6) is 0 Å². The largest absolute Gasteiger partial charge is 0.478 e. The first-order valence-corrected chi connectivity index (χ1v) is 5.95. The van der Waals surface area contributed by atoms with Crippen molar-refractivity contribution in [2.45, 2.75) is 13.8 Å². The third kappa shape index (κ3) is 4.63. The van der Waals surface area contributed by atoms with Gasteiger partial charge in [0.1, 0.15) is 0 Å². The zero-order valence-corrected chi connectivity index (χ0v) is 10.8. The predicted octanol–water partition coefficient (Wildman–Crippen LogP) is 2.05. The highest BCUT2D eigenvalue weighted by atomic mass is 16.5. The highest BCUT2D eigenvalue weighted by Gasteiger charge is 2.05. The minimum atomic E-state index is -0.978. The molecule has 0 unspecified atom stereocenters. The number of hydrogen-bond donors (Lipinski definition) is 3. The lowest BCUT2D eigenvalue weighted by molar-refractivity contribution is 0.0697. The molecule has 5 nitrogen and oxygen atoms in total. The number of hydrogen-bond acceptors (Lipinski definition) is 4. The van der Waals surface area contributed by atoms with E-state index in [9.17, 15) is 4.79 Å². The van der Waals surface area contributed by atoms with Crippen molar-refractivity contribution in [3.63, 3.8) is 0 Å². The van der Waals surface area contributed by atoms with Gasteiger partial charge in [-0.2, -0.15) is 0 Å². The molecule has 0 amide bonds. The fourth-order valence-corrected chi connectivity index (χ4v) is 1.43. The third-order valence-electron chi connectivity index (χ3n) is 2.31. The lowest BCUT2D eigenvalue weighted by Gasteiger charge is -2.11. The topological polar surface area (TPSA) is 84.6 Å². The van der Waals surface area contributed by atoms with Crippen LogP contribution in [0.2, 0.25) is 0 Å². The Morgan fingerprint density at radius 3 is 2.78 bits per heavy atom. The lowest BCUT2D eigenvalue weighted by Crippen LogP contribution is -2.13. The molecule has 0 spiro atoms. The normalized spacial score (nSPS) is 10.6. The van der Waals surface area contributed by atoms with Crippen LogP contribution in [0.25, 0.3) is 0 Å². The van der Waals surface area contributed by atoms with E-state index in [4.69, 9.17) is 15.6 Å². The van der Waals surface area contributed by atoms with Crippen LogP contribution in [0, 0.1) is 5.92 Å². The number of nitrogens with two attached hydrogens (primary N) is 1. The van der Waals surface area contributed by atoms with Crippen molar-refractivity contribution in [3.8, 4) is 0 Å². The Hall–Kier alpha value is -1.75. The number of anilines is 2. The van der Waals surface area contributed by atoms with Crippen LogP contribution in [0.4, 0.5) is 11.4 Å². The van der Waals surface area contributed by atoms with Gasteiger partial charge in [-0.1, -0.05) is 13.8 Å². The van der Waals surface area contributed by atoms with Gasteiger partial charge in [0.2, 0.25) is 0 Å². The summed E-state index contributed by atoms with van der Waals surface area (Å²) in [7, 11) is 0. The van der Waals surface area contributed by atoms with E-state index in [1.165, 1.54) is 12.1 Å². The van der Waals surface area contributed by atoms with Gasteiger partial charge in [-0.05, 0) is 24.1 Å². The molecule has 0 aliphatic rings. The lowest BCUT2D eigenvalue weighted by atomic mass is 10.2. The summed E-state index contributed by atoms with van der Waals surface area (Å²) in [4.78, 5) is 10.7. The Balaban J connectivity index is 2.41. The second kappa shape index (κ2) is 6.86. The standard InChI is InChI=1S/C13H20N2O3/c1-9(2)8-18-6-5-15-12-4-3-10(13(16)17)7-11(12)14/h3-4,7,9,15H,5-6,8,14H2,1-2H3,(H,16,17). The number of ether oxygens (including phenoxy) is 1. The number of carboxylic acids is 1. The summed E-state index contributed by atoms with van der Waals surface area (Å²) in [5.74, 6) is -0.460. The van der Waals surface area contributed by atoms with Crippen LogP contribution in [-0.4, -0.2) is 30.8 Å². The average Bonchev–Trinajstić information content (AvgIpc) is 2.29. The highest BCUT2D eigenvalue weighted by molar-refractivity contribution is 5.90. The van der Waals surface area contributed by atoms with Gasteiger partial charge in [0, 0.05) is 13.2 Å². The molecular formula is C13H20N2O3. The molecule has 0 bridgehead atoms. The molecule has 5 heteroatoms. The number of nitrogens with one attached hydrogen (secondary N) is 1. The summed E-state index contributed by atoms with van der Waals surface area (Å²) in [5.41, 5.74) is 7.10. The zero-order valence-electron chi connectivity index (χ0n) is 10.8. The summed E-state index contributed by atoms with van der Waals surface area (Å²) < 4.78 is 5.42. The van der Waals surface area contributed by atoms with Crippen molar-refractivity contribution in [2.24, 2.45) is 5.92 Å². The number of aromatic carboxylic acids is 1. The quantitative estimate of drug-likeness (QED) is 0.511. The van der Waals surface area contributed by atoms with Gasteiger partial charge in [0.05, 0.1) is 23.5 Å². The van der Waals surface area contributed by atoms with E-state index in [0.29, 0.717) is 24.8 Å². The average molecular weight is 252 g/mol. The van der Waals surface area contributed by atoms with E-state index in [1.54, 1.807) is 6.07 Å². The molecule has 0 aliphatic carbocycles. The number of carboxylic acid groups (broad SMARTS) is 1. The summed E-state index contributed by atoms with van der Waals surface area (Å²) >= 11 is 0. The summed E-state index contributed by atoms with van der Waals surface area (Å²) in [6.45, 7) is 6.16. The van der Waals surface area contributed by atoms with Crippen molar-refractivity contribution in [2.75, 3.05) is 30.8 Å². The fraction of sp³-hybridized carbons (Fsp3) is 0.462. The Kier molecular flexibility index (Phi) is 5.45. The Labute approximate surface area is 107 Å². The number of carbonyl (C=O) groups is 1. The van der Waals surface area contributed by atoms with Crippen LogP contribution >= 0.6 is 0 Å². The van der Waals surface area contributed by atoms with Gasteiger partial charge < -0.3 is 20.9 Å². The first-order chi connectivity index (χ1) is 8.50. The Morgan fingerprint density at radius 2 is 2.22 bits per heavy atom. The molecule has 0 radical (unpaired) electrons. The number of nitrogen functional groups attached to an aromatic ring is 1. The molecular weight excluding hydrogens is 232 g/mol. The van der Waals surface area contributed by atoms with E-state index in [1.807, 2.05) is 0 Å².